The Labute approximate surface area is 253 Å². The third-order valence-corrected chi connectivity index (χ3v) is 8.06. The number of alkyl halides is 3. The Bertz CT molecular complexity index is 1490. The molecule has 0 radical (unpaired) electrons. The third kappa shape index (κ3) is 7.14. The lowest BCUT2D eigenvalue weighted by molar-refractivity contribution is -0.137. The van der Waals surface area contributed by atoms with E-state index in [0.29, 0.717) is 35.6 Å². The molecule has 3 aromatic rings. The number of hydrogen-bond donors (Lipinski definition) is 1. The maximum Gasteiger partial charge on any atom is 0.418 e. The van der Waals surface area contributed by atoms with E-state index in [1.807, 2.05) is 7.05 Å². The minimum atomic E-state index is -4.64. The summed E-state index contributed by atoms with van der Waals surface area (Å²) >= 11 is 6.21. The molecule has 0 aliphatic carbocycles. The van der Waals surface area contributed by atoms with Crippen molar-refractivity contribution in [1.82, 2.24) is 19.7 Å². The first kappa shape index (κ1) is 30.8. The molecule has 13 heteroatoms. The van der Waals surface area contributed by atoms with Crippen molar-refractivity contribution in [3.8, 4) is 0 Å². The normalized spacial score (nSPS) is 16.9. The number of carbonyl (C=O) groups excluding carboxylic acids is 2. The Morgan fingerprint density at radius 3 is 2.40 bits per heavy atom. The minimum absolute atomic E-state index is 0.00174. The number of amides is 1. The number of ether oxygens (including phenoxy) is 1. The zero-order valence-corrected chi connectivity index (χ0v) is 24.8. The van der Waals surface area contributed by atoms with Crippen LogP contribution in [0.1, 0.15) is 22.8 Å². The Morgan fingerprint density at radius 2 is 1.72 bits per heavy atom. The molecule has 43 heavy (non-hydrogen) atoms. The first-order chi connectivity index (χ1) is 20.5. The fourth-order valence-electron chi connectivity index (χ4n) is 5.42. The highest BCUT2D eigenvalue weighted by molar-refractivity contribution is 6.31. The van der Waals surface area contributed by atoms with Crippen LogP contribution < -0.4 is 10.2 Å². The molecule has 1 N–H and O–H groups in total. The molecule has 0 unspecified atom stereocenters. The summed E-state index contributed by atoms with van der Waals surface area (Å²) in [5.41, 5.74) is 0.190. The zero-order valence-electron chi connectivity index (χ0n) is 24.1. The largest absolute Gasteiger partial charge is 0.462 e. The zero-order chi connectivity index (χ0) is 30.7. The second kappa shape index (κ2) is 12.9. The van der Waals surface area contributed by atoms with E-state index in [1.54, 1.807) is 41.0 Å². The van der Waals surface area contributed by atoms with Gasteiger partial charge in [0, 0.05) is 80.3 Å². The average Bonchev–Trinajstić information content (AvgIpc) is 2.98. The van der Waals surface area contributed by atoms with Crippen molar-refractivity contribution >= 4 is 51.4 Å². The number of nitrogens with zero attached hydrogens (tertiary/aromatic N) is 5. The molecular weight excluding hydrogens is 585 g/mol. The number of anilines is 3. The van der Waals surface area contributed by atoms with Crippen LogP contribution >= 0.6 is 11.6 Å². The van der Waals surface area contributed by atoms with Gasteiger partial charge in [0.05, 0.1) is 29.9 Å². The molecular formula is C30H34ClF3N6O3. The van der Waals surface area contributed by atoms with Gasteiger partial charge in [-0.3, -0.25) is 14.7 Å². The number of rotatable bonds is 7. The Hall–Kier alpha value is -3.61. The molecule has 0 bridgehead atoms. The van der Waals surface area contributed by atoms with Crippen LogP contribution in [-0.2, 0) is 15.7 Å². The van der Waals surface area contributed by atoms with Crippen molar-refractivity contribution < 1.29 is 27.5 Å². The quantitative estimate of drug-likeness (QED) is 0.381. The van der Waals surface area contributed by atoms with E-state index in [-0.39, 0.29) is 48.2 Å². The molecule has 0 atom stereocenters. The van der Waals surface area contributed by atoms with Gasteiger partial charge in [-0.05, 0) is 50.4 Å². The summed E-state index contributed by atoms with van der Waals surface area (Å²) in [6.07, 6.45) is -3.31. The molecule has 230 valence electrons. The number of nitrogens with one attached hydrogen (secondary N) is 1. The average molecular weight is 619 g/mol. The topological polar surface area (TPSA) is 81.2 Å². The van der Waals surface area contributed by atoms with Gasteiger partial charge in [-0.1, -0.05) is 11.6 Å². The SMILES string of the molecule is CCOC(=O)c1cnc2ccc(Cl)cc2c1Nc1ccc(N2CCN(C(=O)CN3CCN(C)CC3)CC2)c(C(F)(F)F)c1. The second-order valence-corrected chi connectivity index (χ2v) is 11.2. The molecule has 2 saturated heterocycles. The van der Waals surface area contributed by atoms with Crippen molar-refractivity contribution in [3.05, 3.63) is 58.7 Å². The summed E-state index contributed by atoms with van der Waals surface area (Å²) in [5, 5.41) is 3.86. The van der Waals surface area contributed by atoms with Crippen LogP contribution in [0.5, 0.6) is 0 Å². The number of carbonyl (C=O) groups is 2. The molecule has 2 aliphatic rings. The van der Waals surface area contributed by atoms with E-state index < -0.39 is 17.7 Å². The Balaban J connectivity index is 1.36. The van der Waals surface area contributed by atoms with Gasteiger partial charge in [-0.15, -0.1) is 0 Å². The Kier molecular flexibility index (Phi) is 9.28. The fraction of sp³-hybridized carbons (Fsp3) is 0.433. The van der Waals surface area contributed by atoms with Crippen molar-refractivity contribution in [2.24, 2.45) is 0 Å². The maximum atomic E-state index is 14.4. The van der Waals surface area contributed by atoms with Gasteiger partial charge in [0.25, 0.3) is 0 Å². The van der Waals surface area contributed by atoms with E-state index >= 15 is 0 Å². The van der Waals surface area contributed by atoms with E-state index in [4.69, 9.17) is 16.3 Å². The lowest BCUT2D eigenvalue weighted by Crippen LogP contribution is -2.53. The number of fused-ring (bicyclic) bond motifs is 1. The Morgan fingerprint density at radius 1 is 1.00 bits per heavy atom. The van der Waals surface area contributed by atoms with Gasteiger partial charge in [-0.2, -0.15) is 13.2 Å². The number of aromatic nitrogens is 1. The monoisotopic (exact) mass is 618 g/mol. The number of likely N-dealkylation sites (N-methyl/N-ethyl adjacent to an activating group) is 1. The third-order valence-electron chi connectivity index (χ3n) is 7.82. The van der Waals surface area contributed by atoms with Crippen LogP contribution in [0.15, 0.2) is 42.6 Å². The van der Waals surface area contributed by atoms with E-state index in [1.165, 1.54) is 12.3 Å². The number of hydrogen-bond acceptors (Lipinski definition) is 8. The number of benzene rings is 2. The molecule has 0 spiro atoms. The van der Waals surface area contributed by atoms with Gasteiger partial charge in [0.1, 0.15) is 5.56 Å². The molecule has 5 rings (SSSR count). The highest BCUT2D eigenvalue weighted by atomic mass is 35.5. The molecule has 1 aromatic heterocycles. The first-order valence-corrected chi connectivity index (χ1v) is 14.6. The van der Waals surface area contributed by atoms with E-state index in [2.05, 4.69) is 20.1 Å². The highest BCUT2D eigenvalue weighted by Crippen LogP contribution is 2.40. The lowest BCUT2D eigenvalue weighted by Gasteiger charge is -2.39. The van der Waals surface area contributed by atoms with Crippen LogP contribution in [0.3, 0.4) is 0 Å². The second-order valence-electron chi connectivity index (χ2n) is 10.7. The predicted octanol–water partition coefficient (Wildman–Crippen LogP) is 4.72. The van der Waals surface area contributed by atoms with E-state index in [0.717, 1.165) is 32.2 Å². The van der Waals surface area contributed by atoms with Gasteiger partial charge >= 0.3 is 12.1 Å². The molecule has 2 fully saturated rings. The smallest absolute Gasteiger partial charge is 0.418 e. The summed E-state index contributed by atoms with van der Waals surface area (Å²) in [4.78, 5) is 37.6. The minimum Gasteiger partial charge on any atom is -0.462 e. The van der Waals surface area contributed by atoms with Crippen molar-refractivity contribution in [1.29, 1.82) is 0 Å². The molecule has 9 nitrogen and oxygen atoms in total. The van der Waals surface area contributed by atoms with Crippen molar-refractivity contribution in [3.63, 3.8) is 0 Å². The molecule has 2 aliphatic heterocycles. The van der Waals surface area contributed by atoms with Crippen LogP contribution in [0.25, 0.3) is 10.9 Å². The fourth-order valence-corrected chi connectivity index (χ4v) is 5.59. The summed E-state index contributed by atoms with van der Waals surface area (Å²) < 4.78 is 48.4. The van der Waals surface area contributed by atoms with Gasteiger partial charge < -0.3 is 24.8 Å². The first-order valence-electron chi connectivity index (χ1n) is 14.2. The summed E-state index contributed by atoms with van der Waals surface area (Å²) in [6, 6.07) is 8.90. The standard InChI is InChI=1S/C30H34ClF3N6O3/c1-3-43-29(42)23-18-35-25-6-4-20(31)16-22(25)28(23)36-21-5-7-26(24(17-21)30(32,33)34)39-12-14-40(15-13-39)27(41)19-38-10-8-37(2)9-11-38/h4-7,16-18H,3,8-15,19H2,1-2H3,(H,35,36). The van der Waals surface area contributed by atoms with Crippen molar-refractivity contribution in [2.45, 2.75) is 13.1 Å². The number of pyridine rings is 1. The number of piperazine rings is 2. The maximum absolute atomic E-state index is 14.4. The number of esters is 1. The molecule has 3 heterocycles. The van der Waals surface area contributed by atoms with Crippen LogP contribution in [-0.4, -0.2) is 104 Å². The van der Waals surface area contributed by atoms with Gasteiger partial charge in [0.15, 0.2) is 0 Å². The lowest BCUT2D eigenvalue weighted by atomic mass is 10.1. The summed E-state index contributed by atoms with van der Waals surface area (Å²) in [7, 11) is 2.05. The molecule has 1 amide bonds. The van der Waals surface area contributed by atoms with Crippen LogP contribution in [0.2, 0.25) is 5.02 Å². The van der Waals surface area contributed by atoms with Crippen LogP contribution in [0, 0.1) is 0 Å². The predicted molar refractivity (Wildman–Crippen MR) is 160 cm³/mol. The van der Waals surface area contributed by atoms with Gasteiger partial charge in [0.2, 0.25) is 5.91 Å². The number of halogens is 4. The van der Waals surface area contributed by atoms with Gasteiger partial charge in [-0.25, -0.2) is 4.79 Å². The van der Waals surface area contributed by atoms with Crippen molar-refractivity contribution in [2.75, 3.05) is 82.8 Å². The molecule has 2 aromatic carbocycles. The van der Waals surface area contributed by atoms with E-state index in [9.17, 15) is 22.8 Å². The highest BCUT2D eigenvalue weighted by Gasteiger charge is 2.36. The van der Waals surface area contributed by atoms with Crippen LogP contribution in [0.4, 0.5) is 30.2 Å². The summed E-state index contributed by atoms with van der Waals surface area (Å²) in [5.74, 6) is -0.658. The summed E-state index contributed by atoms with van der Waals surface area (Å²) in [6.45, 7) is 6.81. The molecule has 0 saturated carbocycles.